The Morgan fingerprint density at radius 3 is 2.47 bits per heavy atom. The summed E-state index contributed by atoms with van der Waals surface area (Å²) in [6, 6.07) is 10.9. The van der Waals surface area contributed by atoms with E-state index >= 15 is 0 Å². The number of aromatic nitrogens is 2. The van der Waals surface area contributed by atoms with Gasteiger partial charge in [-0.25, -0.2) is 17.8 Å². The predicted molar refractivity (Wildman–Crippen MR) is 113 cm³/mol. The first-order valence-electron chi connectivity index (χ1n) is 9.55. The molecule has 10 heteroatoms. The molecule has 0 amide bonds. The van der Waals surface area contributed by atoms with Crippen LogP contribution >= 0.6 is 0 Å². The van der Waals surface area contributed by atoms with Crippen LogP contribution in [0.3, 0.4) is 0 Å². The summed E-state index contributed by atoms with van der Waals surface area (Å²) in [7, 11) is -0.715. The number of fused-ring (bicyclic) bond motifs is 1. The van der Waals surface area contributed by atoms with Gasteiger partial charge in [-0.15, -0.1) is 0 Å². The second-order valence-corrected chi connectivity index (χ2v) is 9.22. The van der Waals surface area contributed by atoms with Crippen LogP contribution in [0, 0.1) is 5.82 Å². The molecule has 8 nitrogen and oxygen atoms in total. The molecular weight excluding hydrogens is 439 g/mol. The topological polar surface area (TPSA) is 105 Å². The van der Waals surface area contributed by atoms with E-state index in [1.165, 1.54) is 26.4 Å². The number of benzene rings is 2. The summed E-state index contributed by atoms with van der Waals surface area (Å²) in [5.41, 5.74) is 1.78. The molecule has 0 atom stereocenters. The Balaban J connectivity index is 1.70. The summed E-state index contributed by atoms with van der Waals surface area (Å²) in [6.07, 6.45) is 0.116. The van der Waals surface area contributed by atoms with Gasteiger partial charge in [0.2, 0.25) is 5.88 Å². The smallest absolute Gasteiger partial charge is 0.309 e. The van der Waals surface area contributed by atoms with E-state index in [9.17, 15) is 17.6 Å². The van der Waals surface area contributed by atoms with Crippen LogP contribution in [0.15, 0.2) is 42.5 Å². The van der Waals surface area contributed by atoms with Gasteiger partial charge in [0.15, 0.2) is 27.2 Å². The molecule has 1 aromatic heterocycles. The summed E-state index contributed by atoms with van der Waals surface area (Å²) in [4.78, 5) is 20.1. The first-order valence-corrected chi connectivity index (χ1v) is 11.4. The molecule has 0 aliphatic carbocycles. The fourth-order valence-corrected chi connectivity index (χ4v) is 4.78. The van der Waals surface area contributed by atoms with E-state index in [0.29, 0.717) is 22.6 Å². The number of halogens is 1. The van der Waals surface area contributed by atoms with E-state index in [0.717, 1.165) is 5.56 Å². The number of hydrogen-bond donors (Lipinski definition) is 0. The molecule has 0 radical (unpaired) electrons. The van der Waals surface area contributed by atoms with Gasteiger partial charge in [-0.1, -0.05) is 12.1 Å². The number of carbonyl (C=O) groups excluding carboxylic acids is 1. The van der Waals surface area contributed by atoms with Crippen LogP contribution in [0.4, 0.5) is 4.39 Å². The summed E-state index contributed by atoms with van der Waals surface area (Å²) >= 11 is 0. The van der Waals surface area contributed by atoms with Crippen molar-refractivity contribution < 1.29 is 31.8 Å². The lowest BCUT2D eigenvalue weighted by atomic mass is 10.1. The molecule has 166 valence electrons. The van der Waals surface area contributed by atoms with E-state index in [2.05, 4.69) is 14.7 Å². The Kier molecular flexibility index (Phi) is 5.79. The fourth-order valence-electron chi connectivity index (χ4n) is 3.30. The predicted octanol–water partition coefficient (Wildman–Crippen LogP) is 3.23. The molecule has 32 heavy (non-hydrogen) atoms. The first kappa shape index (κ1) is 21.7. The standard InChI is InChI=1S/C22H19FN2O6S/c1-29-19-8-5-14(10-17(19)23)21-24-18-12-32(27,28)11-16(18)22(25-21)31-15-6-3-13(4-7-15)9-20(26)30-2/h3-8,10H,9,11-12H2,1-2H3. The molecule has 0 saturated carbocycles. The van der Waals surface area contributed by atoms with E-state index in [1.54, 1.807) is 30.3 Å². The minimum absolute atomic E-state index is 0.0704. The highest BCUT2D eigenvalue weighted by Gasteiger charge is 2.31. The van der Waals surface area contributed by atoms with Gasteiger partial charge in [-0.3, -0.25) is 4.79 Å². The van der Waals surface area contributed by atoms with Gasteiger partial charge in [0.1, 0.15) is 5.75 Å². The number of sulfone groups is 1. The molecule has 0 unspecified atom stereocenters. The average Bonchev–Trinajstić information content (AvgIpc) is 3.09. The molecule has 2 aromatic carbocycles. The van der Waals surface area contributed by atoms with Gasteiger partial charge in [-0.05, 0) is 35.9 Å². The van der Waals surface area contributed by atoms with Crippen LogP contribution < -0.4 is 9.47 Å². The molecule has 0 spiro atoms. The van der Waals surface area contributed by atoms with Crippen LogP contribution in [-0.4, -0.2) is 38.6 Å². The summed E-state index contributed by atoms with van der Waals surface area (Å²) in [5.74, 6) is -0.751. The molecule has 1 aliphatic heterocycles. The highest BCUT2D eigenvalue weighted by atomic mass is 32.2. The van der Waals surface area contributed by atoms with E-state index in [-0.39, 0.29) is 41.3 Å². The summed E-state index contributed by atoms with van der Waals surface area (Å²) < 4.78 is 54.1. The molecule has 0 fully saturated rings. The van der Waals surface area contributed by atoms with Gasteiger partial charge in [0.05, 0.1) is 43.4 Å². The van der Waals surface area contributed by atoms with Crippen LogP contribution in [0.2, 0.25) is 0 Å². The zero-order valence-corrected chi connectivity index (χ0v) is 18.1. The van der Waals surface area contributed by atoms with Crippen molar-refractivity contribution in [3.05, 3.63) is 65.1 Å². The fraction of sp³-hybridized carbons (Fsp3) is 0.227. The molecule has 0 bridgehead atoms. The van der Waals surface area contributed by atoms with Crippen molar-refractivity contribution in [1.82, 2.24) is 9.97 Å². The van der Waals surface area contributed by atoms with Gasteiger partial charge in [-0.2, -0.15) is 4.98 Å². The molecular formula is C22H19FN2O6S. The zero-order chi connectivity index (χ0) is 22.9. The Labute approximate surface area is 183 Å². The molecule has 4 rings (SSSR count). The molecule has 2 heterocycles. The van der Waals surface area contributed by atoms with E-state index < -0.39 is 15.7 Å². The Hall–Kier alpha value is -3.53. The van der Waals surface area contributed by atoms with Gasteiger partial charge >= 0.3 is 5.97 Å². The number of methoxy groups -OCH3 is 2. The van der Waals surface area contributed by atoms with Crippen LogP contribution in [0.5, 0.6) is 17.4 Å². The average molecular weight is 458 g/mol. The Morgan fingerprint density at radius 2 is 1.81 bits per heavy atom. The normalized spacial score (nSPS) is 14.0. The number of hydrogen-bond acceptors (Lipinski definition) is 8. The number of esters is 1. The van der Waals surface area contributed by atoms with Crippen LogP contribution in [0.1, 0.15) is 16.8 Å². The lowest BCUT2D eigenvalue weighted by Crippen LogP contribution is -2.04. The first-order chi connectivity index (χ1) is 15.3. The third-order valence-corrected chi connectivity index (χ3v) is 6.34. The van der Waals surface area contributed by atoms with Crippen LogP contribution in [0.25, 0.3) is 11.4 Å². The van der Waals surface area contributed by atoms with Crippen molar-refractivity contribution in [2.45, 2.75) is 17.9 Å². The quantitative estimate of drug-likeness (QED) is 0.519. The van der Waals surface area contributed by atoms with Gasteiger partial charge in [0, 0.05) is 5.56 Å². The third-order valence-electron chi connectivity index (χ3n) is 4.90. The van der Waals surface area contributed by atoms with Crippen molar-refractivity contribution in [3.8, 4) is 28.8 Å². The highest BCUT2D eigenvalue weighted by Crippen LogP contribution is 2.35. The molecule has 0 saturated heterocycles. The van der Waals surface area contributed by atoms with Gasteiger partial charge < -0.3 is 14.2 Å². The highest BCUT2D eigenvalue weighted by molar-refractivity contribution is 7.90. The van der Waals surface area contributed by atoms with Crippen molar-refractivity contribution in [2.24, 2.45) is 0 Å². The van der Waals surface area contributed by atoms with Crippen molar-refractivity contribution in [3.63, 3.8) is 0 Å². The number of ether oxygens (including phenoxy) is 3. The Bertz CT molecular complexity index is 1290. The Morgan fingerprint density at radius 1 is 1.06 bits per heavy atom. The minimum atomic E-state index is -3.39. The maximum atomic E-state index is 14.2. The second kappa shape index (κ2) is 8.54. The lowest BCUT2D eigenvalue weighted by Gasteiger charge is -2.12. The SMILES string of the molecule is COC(=O)Cc1ccc(Oc2nc(-c3ccc(OC)c(F)c3)nc3c2CS(=O)(=O)C3)cc1. The van der Waals surface area contributed by atoms with Crippen molar-refractivity contribution in [1.29, 1.82) is 0 Å². The number of carbonyl (C=O) groups is 1. The summed E-state index contributed by atoms with van der Waals surface area (Å²) in [5, 5.41) is 0. The largest absolute Gasteiger partial charge is 0.494 e. The van der Waals surface area contributed by atoms with Gasteiger partial charge in [0.25, 0.3) is 0 Å². The third kappa shape index (κ3) is 4.54. The second-order valence-electron chi connectivity index (χ2n) is 7.16. The molecule has 3 aromatic rings. The van der Waals surface area contributed by atoms with Crippen LogP contribution in [-0.2, 0) is 37.3 Å². The number of rotatable bonds is 6. The molecule has 0 N–H and O–H groups in total. The maximum Gasteiger partial charge on any atom is 0.309 e. The number of nitrogens with zero attached hydrogens (tertiary/aromatic N) is 2. The summed E-state index contributed by atoms with van der Waals surface area (Å²) in [6.45, 7) is 0. The van der Waals surface area contributed by atoms with E-state index in [1.807, 2.05) is 0 Å². The van der Waals surface area contributed by atoms with Crippen molar-refractivity contribution in [2.75, 3.05) is 14.2 Å². The maximum absolute atomic E-state index is 14.2. The van der Waals surface area contributed by atoms with Crippen molar-refractivity contribution >= 4 is 15.8 Å². The lowest BCUT2D eigenvalue weighted by molar-refractivity contribution is -0.139. The molecule has 1 aliphatic rings. The monoisotopic (exact) mass is 458 g/mol. The van der Waals surface area contributed by atoms with E-state index in [4.69, 9.17) is 9.47 Å². The zero-order valence-electron chi connectivity index (χ0n) is 17.3. The minimum Gasteiger partial charge on any atom is -0.494 e.